The van der Waals surface area contributed by atoms with Crippen molar-refractivity contribution in [3.05, 3.63) is 42.2 Å². The number of aromatic carboxylic acids is 1. The normalized spacial score (nSPS) is 9.78. The minimum absolute atomic E-state index is 0.135. The number of carboxylic acid groups (broad SMARTS) is 1. The molecule has 0 saturated heterocycles. The quantitative estimate of drug-likeness (QED) is 0.576. The number of rotatable bonds is 7. The van der Waals surface area contributed by atoms with Crippen LogP contribution in [0.2, 0.25) is 0 Å². The second-order valence-electron chi connectivity index (χ2n) is 3.35. The van der Waals surface area contributed by atoms with Crippen molar-refractivity contribution in [3.63, 3.8) is 0 Å². The Labute approximate surface area is 109 Å². The molecule has 0 spiro atoms. The van der Waals surface area contributed by atoms with E-state index in [9.17, 15) is 9.59 Å². The standard InChI is InChI=1S/C12H14N2O3S/c1-2-6-18-7-5-14-11(15)9-3-4-13-10(8-9)12(16)17/h2-4,8H,1,5-7H2,(H,14,15)(H,16,17). The SMILES string of the molecule is C=CCSCCNC(=O)c1ccnc(C(=O)O)c1. The maximum absolute atomic E-state index is 11.7. The van der Waals surface area contributed by atoms with Gasteiger partial charge in [-0.1, -0.05) is 6.08 Å². The Balaban J connectivity index is 2.48. The summed E-state index contributed by atoms with van der Waals surface area (Å²) in [6, 6.07) is 2.74. The summed E-state index contributed by atoms with van der Waals surface area (Å²) in [5.41, 5.74) is 0.166. The molecule has 0 bridgehead atoms. The molecule has 2 N–H and O–H groups in total. The highest BCUT2D eigenvalue weighted by Gasteiger charge is 2.09. The van der Waals surface area contributed by atoms with Crippen molar-refractivity contribution in [2.45, 2.75) is 0 Å². The van der Waals surface area contributed by atoms with Crippen LogP contribution >= 0.6 is 11.8 Å². The number of hydrogen-bond donors (Lipinski definition) is 2. The number of carbonyl (C=O) groups excluding carboxylic acids is 1. The van der Waals surface area contributed by atoms with E-state index in [4.69, 9.17) is 5.11 Å². The van der Waals surface area contributed by atoms with Gasteiger partial charge in [-0.15, -0.1) is 6.58 Å². The van der Waals surface area contributed by atoms with Crippen LogP contribution in [0.5, 0.6) is 0 Å². The second-order valence-corrected chi connectivity index (χ2v) is 4.50. The molecule has 1 amide bonds. The van der Waals surface area contributed by atoms with Crippen LogP contribution in [0.15, 0.2) is 31.0 Å². The van der Waals surface area contributed by atoms with Crippen LogP contribution in [-0.4, -0.2) is 40.0 Å². The van der Waals surface area contributed by atoms with Crippen molar-refractivity contribution in [1.82, 2.24) is 10.3 Å². The summed E-state index contributed by atoms with van der Waals surface area (Å²) in [7, 11) is 0. The van der Waals surface area contributed by atoms with Crippen molar-refractivity contribution in [2.24, 2.45) is 0 Å². The average molecular weight is 266 g/mol. The lowest BCUT2D eigenvalue weighted by molar-refractivity contribution is 0.0690. The lowest BCUT2D eigenvalue weighted by Crippen LogP contribution is -2.26. The molecule has 0 radical (unpaired) electrons. The highest BCUT2D eigenvalue weighted by atomic mass is 32.2. The summed E-state index contributed by atoms with van der Waals surface area (Å²) in [4.78, 5) is 26.0. The van der Waals surface area contributed by atoms with E-state index in [1.54, 1.807) is 17.8 Å². The van der Waals surface area contributed by atoms with E-state index in [0.717, 1.165) is 11.5 Å². The Morgan fingerprint density at radius 3 is 3.00 bits per heavy atom. The minimum Gasteiger partial charge on any atom is -0.477 e. The molecule has 0 atom stereocenters. The van der Waals surface area contributed by atoms with E-state index < -0.39 is 5.97 Å². The fourth-order valence-corrected chi connectivity index (χ4v) is 1.77. The Morgan fingerprint density at radius 1 is 1.56 bits per heavy atom. The smallest absolute Gasteiger partial charge is 0.354 e. The highest BCUT2D eigenvalue weighted by Crippen LogP contribution is 2.02. The number of thioether (sulfide) groups is 1. The molecule has 1 rings (SSSR count). The molecule has 0 fully saturated rings. The lowest BCUT2D eigenvalue weighted by atomic mass is 10.2. The first-order valence-electron chi connectivity index (χ1n) is 5.31. The number of nitrogens with zero attached hydrogens (tertiary/aromatic N) is 1. The molecule has 18 heavy (non-hydrogen) atoms. The predicted octanol–water partition coefficient (Wildman–Crippen LogP) is 1.43. The van der Waals surface area contributed by atoms with Crippen molar-refractivity contribution < 1.29 is 14.7 Å². The van der Waals surface area contributed by atoms with Gasteiger partial charge in [-0.25, -0.2) is 9.78 Å². The molecular weight excluding hydrogens is 252 g/mol. The van der Waals surface area contributed by atoms with Gasteiger partial charge in [-0.3, -0.25) is 4.79 Å². The Hall–Kier alpha value is -1.82. The van der Waals surface area contributed by atoms with Gasteiger partial charge in [0.05, 0.1) is 0 Å². The van der Waals surface area contributed by atoms with E-state index in [1.165, 1.54) is 18.3 Å². The molecule has 0 aliphatic rings. The molecule has 5 nitrogen and oxygen atoms in total. The Morgan fingerprint density at radius 2 is 2.33 bits per heavy atom. The van der Waals surface area contributed by atoms with Crippen LogP contribution in [0.3, 0.4) is 0 Å². The summed E-state index contributed by atoms with van der Waals surface area (Å²) >= 11 is 1.66. The second kappa shape index (κ2) is 7.50. The maximum atomic E-state index is 11.7. The summed E-state index contributed by atoms with van der Waals surface area (Å²) in [6.07, 6.45) is 3.11. The van der Waals surface area contributed by atoms with Crippen LogP contribution in [0, 0.1) is 0 Å². The number of carboxylic acids is 1. The third-order valence-corrected chi connectivity index (χ3v) is 2.97. The fraction of sp³-hybridized carbons (Fsp3) is 0.250. The Kier molecular flexibility index (Phi) is 5.93. The molecule has 0 aromatic carbocycles. The molecule has 0 saturated carbocycles. The summed E-state index contributed by atoms with van der Waals surface area (Å²) < 4.78 is 0. The maximum Gasteiger partial charge on any atom is 0.354 e. The van der Waals surface area contributed by atoms with Gasteiger partial charge in [-0.2, -0.15) is 11.8 Å². The van der Waals surface area contributed by atoms with E-state index in [2.05, 4.69) is 16.9 Å². The Bertz CT molecular complexity index is 449. The largest absolute Gasteiger partial charge is 0.477 e. The molecule has 0 unspecified atom stereocenters. The average Bonchev–Trinajstić information content (AvgIpc) is 2.38. The van der Waals surface area contributed by atoms with E-state index >= 15 is 0 Å². The van der Waals surface area contributed by atoms with Gasteiger partial charge in [0.25, 0.3) is 5.91 Å². The van der Waals surface area contributed by atoms with E-state index in [1.807, 2.05) is 0 Å². The molecule has 1 aromatic rings. The topological polar surface area (TPSA) is 79.3 Å². The first-order chi connectivity index (χ1) is 8.65. The number of nitrogens with one attached hydrogen (secondary N) is 1. The lowest BCUT2D eigenvalue weighted by Gasteiger charge is -2.04. The van der Waals surface area contributed by atoms with Gasteiger partial charge in [0.15, 0.2) is 0 Å². The van der Waals surface area contributed by atoms with Crippen molar-refractivity contribution in [3.8, 4) is 0 Å². The van der Waals surface area contributed by atoms with Crippen LogP contribution in [0.25, 0.3) is 0 Å². The first kappa shape index (κ1) is 14.2. The summed E-state index contributed by atoms with van der Waals surface area (Å²) in [6.45, 7) is 4.13. The number of amides is 1. The molecule has 0 aliphatic carbocycles. The van der Waals surface area contributed by atoms with Crippen LogP contribution < -0.4 is 5.32 Å². The van der Waals surface area contributed by atoms with Gasteiger partial charge < -0.3 is 10.4 Å². The molecule has 96 valence electrons. The monoisotopic (exact) mass is 266 g/mol. The third kappa shape index (κ3) is 4.58. The van der Waals surface area contributed by atoms with Gasteiger partial charge >= 0.3 is 5.97 Å². The van der Waals surface area contributed by atoms with Crippen LogP contribution in [0.4, 0.5) is 0 Å². The fourth-order valence-electron chi connectivity index (χ4n) is 1.19. The van der Waals surface area contributed by atoms with Gasteiger partial charge in [0, 0.05) is 29.8 Å². The van der Waals surface area contributed by atoms with Crippen molar-refractivity contribution >= 4 is 23.6 Å². The van der Waals surface area contributed by atoms with Gasteiger partial charge in [0.1, 0.15) is 5.69 Å². The summed E-state index contributed by atoms with van der Waals surface area (Å²) in [5.74, 6) is 0.188. The van der Waals surface area contributed by atoms with Crippen LogP contribution in [-0.2, 0) is 0 Å². The van der Waals surface area contributed by atoms with Crippen LogP contribution in [0.1, 0.15) is 20.8 Å². The number of carbonyl (C=O) groups is 2. The summed E-state index contributed by atoms with van der Waals surface area (Å²) in [5, 5.41) is 11.5. The van der Waals surface area contributed by atoms with Crippen molar-refractivity contribution in [2.75, 3.05) is 18.1 Å². The number of pyridine rings is 1. The molecule has 1 aromatic heterocycles. The zero-order chi connectivity index (χ0) is 13.4. The third-order valence-electron chi connectivity index (χ3n) is 2.01. The van der Waals surface area contributed by atoms with E-state index in [0.29, 0.717) is 12.1 Å². The molecule has 1 heterocycles. The van der Waals surface area contributed by atoms with Gasteiger partial charge in [-0.05, 0) is 12.1 Å². The number of hydrogen-bond acceptors (Lipinski definition) is 4. The zero-order valence-corrected chi connectivity index (χ0v) is 10.6. The molecule has 6 heteroatoms. The minimum atomic E-state index is -1.15. The molecular formula is C12H14N2O3S. The molecule has 0 aliphatic heterocycles. The highest BCUT2D eigenvalue weighted by molar-refractivity contribution is 7.99. The first-order valence-corrected chi connectivity index (χ1v) is 6.47. The number of aromatic nitrogens is 1. The van der Waals surface area contributed by atoms with E-state index in [-0.39, 0.29) is 11.6 Å². The predicted molar refractivity (Wildman–Crippen MR) is 71.1 cm³/mol. The van der Waals surface area contributed by atoms with Crippen molar-refractivity contribution in [1.29, 1.82) is 0 Å². The zero-order valence-electron chi connectivity index (χ0n) is 9.76. The van der Waals surface area contributed by atoms with Gasteiger partial charge in [0.2, 0.25) is 0 Å².